The van der Waals surface area contributed by atoms with Gasteiger partial charge in [0.2, 0.25) is 0 Å². The van der Waals surface area contributed by atoms with Crippen LogP contribution in [0.4, 0.5) is 0 Å². The Bertz CT molecular complexity index is 546. The van der Waals surface area contributed by atoms with Crippen molar-refractivity contribution in [2.75, 3.05) is 0 Å². The lowest BCUT2D eigenvalue weighted by Crippen LogP contribution is -2.50. The molecule has 3 saturated carbocycles. The number of allylic oxidation sites excluding steroid dienone is 1. The van der Waals surface area contributed by atoms with E-state index in [2.05, 4.69) is 26.0 Å². The molecule has 0 bridgehead atoms. The Hall–Kier alpha value is -0.810. The molecule has 4 rings (SSSR count). The van der Waals surface area contributed by atoms with Crippen LogP contribution in [0, 0.1) is 45.8 Å². The number of nitriles is 1. The van der Waals surface area contributed by atoms with E-state index in [1.807, 2.05) is 0 Å². The van der Waals surface area contributed by atoms with Crippen LogP contribution in [0.1, 0.15) is 65.2 Å². The lowest BCUT2D eigenvalue weighted by atomic mass is 9.47. The van der Waals surface area contributed by atoms with Crippen molar-refractivity contribution in [1.29, 1.82) is 5.26 Å². The molecule has 0 spiro atoms. The van der Waals surface area contributed by atoms with Crippen LogP contribution >= 0.6 is 0 Å². The molecule has 2 nitrogen and oxygen atoms in total. The van der Waals surface area contributed by atoms with Crippen LogP contribution < -0.4 is 0 Å². The first kappa shape index (κ1) is 14.8. The van der Waals surface area contributed by atoms with Crippen molar-refractivity contribution in [2.24, 2.45) is 34.5 Å². The highest BCUT2D eigenvalue weighted by molar-refractivity contribution is 5.25. The standard InChI is InChI=1S/C20H29NO/c1-19-9-7-15(22)11-13(19)3-5-16-17-6-4-14(12-21)20(17,2)10-8-18(16)19/h3,14-18,22H,4-11H2,1-2H3/t14?,15?,16-,17-,18?,19-,20+/m0/s1. The van der Waals surface area contributed by atoms with Crippen molar-refractivity contribution in [3.05, 3.63) is 11.6 Å². The zero-order valence-electron chi connectivity index (χ0n) is 14.0. The smallest absolute Gasteiger partial charge is 0.0661 e. The summed E-state index contributed by atoms with van der Waals surface area (Å²) >= 11 is 0. The number of rotatable bonds is 0. The van der Waals surface area contributed by atoms with Crippen molar-refractivity contribution in [2.45, 2.75) is 71.3 Å². The summed E-state index contributed by atoms with van der Waals surface area (Å²) in [6.45, 7) is 4.88. The Kier molecular flexibility index (Phi) is 3.25. The van der Waals surface area contributed by atoms with Gasteiger partial charge in [-0.1, -0.05) is 25.5 Å². The van der Waals surface area contributed by atoms with Crippen molar-refractivity contribution >= 4 is 0 Å². The maximum absolute atomic E-state index is 10.0. The van der Waals surface area contributed by atoms with Crippen LogP contribution in [0.3, 0.4) is 0 Å². The summed E-state index contributed by atoms with van der Waals surface area (Å²) in [5.74, 6) is 2.60. The number of fused-ring (bicyclic) bond motifs is 5. The van der Waals surface area contributed by atoms with Crippen molar-refractivity contribution in [1.82, 2.24) is 0 Å². The highest BCUT2D eigenvalue weighted by Crippen LogP contribution is 2.66. The maximum Gasteiger partial charge on any atom is 0.0661 e. The fourth-order valence-electron chi connectivity index (χ4n) is 6.85. The second kappa shape index (κ2) is 4.84. The van der Waals surface area contributed by atoms with Gasteiger partial charge >= 0.3 is 0 Å². The van der Waals surface area contributed by atoms with E-state index in [0.717, 1.165) is 43.4 Å². The van der Waals surface area contributed by atoms with Crippen molar-refractivity contribution in [3.63, 3.8) is 0 Å². The summed E-state index contributed by atoms with van der Waals surface area (Å²) < 4.78 is 0. The van der Waals surface area contributed by atoms with Gasteiger partial charge in [-0.25, -0.2) is 0 Å². The molecule has 0 aromatic heterocycles. The average molecular weight is 299 g/mol. The molecule has 0 radical (unpaired) electrons. The van der Waals surface area contributed by atoms with E-state index in [1.165, 1.54) is 25.7 Å². The third kappa shape index (κ3) is 1.81. The van der Waals surface area contributed by atoms with E-state index in [-0.39, 0.29) is 17.4 Å². The number of aliphatic hydroxyl groups excluding tert-OH is 1. The molecule has 0 aromatic rings. The van der Waals surface area contributed by atoms with Crippen LogP contribution in [-0.4, -0.2) is 11.2 Å². The average Bonchev–Trinajstić information content (AvgIpc) is 2.84. The SMILES string of the molecule is C[C@]12CCC(O)CC1=CC[C@@H]1C2CC[C@]2(C)C(C#N)CC[C@@H]12. The molecule has 0 aromatic carbocycles. The van der Waals surface area contributed by atoms with Crippen molar-refractivity contribution in [3.8, 4) is 6.07 Å². The number of hydrogen-bond acceptors (Lipinski definition) is 2. The minimum absolute atomic E-state index is 0.112. The number of aliphatic hydroxyl groups is 1. The molecule has 0 amide bonds. The Labute approximate surface area is 134 Å². The third-order valence-corrected chi connectivity index (χ3v) is 8.23. The van der Waals surface area contributed by atoms with Gasteiger partial charge in [0, 0.05) is 0 Å². The molecule has 4 aliphatic rings. The molecule has 0 heterocycles. The molecule has 2 heteroatoms. The number of hydrogen-bond donors (Lipinski definition) is 1. The van der Waals surface area contributed by atoms with Gasteiger partial charge in [-0.15, -0.1) is 0 Å². The molecule has 4 aliphatic carbocycles. The van der Waals surface area contributed by atoms with E-state index in [4.69, 9.17) is 0 Å². The molecule has 3 unspecified atom stereocenters. The van der Waals surface area contributed by atoms with E-state index >= 15 is 0 Å². The van der Waals surface area contributed by atoms with Gasteiger partial charge < -0.3 is 5.11 Å². The fraction of sp³-hybridized carbons (Fsp3) is 0.850. The highest BCUT2D eigenvalue weighted by atomic mass is 16.3. The second-order valence-corrected chi connectivity index (χ2v) is 8.96. The first-order valence-electron chi connectivity index (χ1n) is 9.26. The summed E-state index contributed by atoms with van der Waals surface area (Å²) in [6.07, 6.45) is 11.5. The number of nitrogens with zero attached hydrogens (tertiary/aromatic N) is 1. The zero-order valence-corrected chi connectivity index (χ0v) is 14.0. The van der Waals surface area contributed by atoms with Gasteiger partial charge in [0.05, 0.1) is 18.1 Å². The molecule has 0 aliphatic heterocycles. The Balaban J connectivity index is 1.67. The Morgan fingerprint density at radius 1 is 1.14 bits per heavy atom. The van der Waals surface area contributed by atoms with Crippen molar-refractivity contribution < 1.29 is 5.11 Å². The highest BCUT2D eigenvalue weighted by Gasteiger charge is 2.58. The normalized spacial score (nSPS) is 53.7. The quantitative estimate of drug-likeness (QED) is 0.672. The van der Waals surface area contributed by atoms with Crippen LogP contribution in [0.2, 0.25) is 0 Å². The predicted molar refractivity (Wildman–Crippen MR) is 86.8 cm³/mol. The van der Waals surface area contributed by atoms with Gasteiger partial charge in [0.15, 0.2) is 0 Å². The molecular formula is C20H29NO. The molecule has 7 atom stereocenters. The lowest BCUT2D eigenvalue weighted by molar-refractivity contribution is -0.0434. The first-order chi connectivity index (χ1) is 10.5. The second-order valence-electron chi connectivity index (χ2n) is 8.96. The maximum atomic E-state index is 10.0. The topological polar surface area (TPSA) is 44.0 Å². The minimum atomic E-state index is -0.112. The van der Waals surface area contributed by atoms with Crippen LogP contribution in [0.25, 0.3) is 0 Å². The van der Waals surface area contributed by atoms with E-state index < -0.39 is 0 Å². The van der Waals surface area contributed by atoms with E-state index in [9.17, 15) is 10.4 Å². The van der Waals surface area contributed by atoms with Gasteiger partial charge in [0.25, 0.3) is 0 Å². The first-order valence-corrected chi connectivity index (χ1v) is 9.26. The molecule has 1 N–H and O–H groups in total. The fourth-order valence-corrected chi connectivity index (χ4v) is 6.85. The summed E-state index contributed by atoms with van der Waals surface area (Å²) in [6, 6.07) is 2.62. The third-order valence-electron chi connectivity index (χ3n) is 8.23. The molecule has 22 heavy (non-hydrogen) atoms. The molecule has 3 fully saturated rings. The van der Waals surface area contributed by atoms with E-state index in [0.29, 0.717) is 5.41 Å². The Morgan fingerprint density at radius 3 is 2.73 bits per heavy atom. The molecule has 0 saturated heterocycles. The van der Waals surface area contributed by atoms with Crippen LogP contribution in [0.5, 0.6) is 0 Å². The summed E-state index contributed by atoms with van der Waals surface area (Å²) in [4.78, 5) is 0. The van der Waals surface area contributed by atoms with Gasteiger partial charge in [-0.05, 0) is 80.0 Å². The monoisotopic (exact) mass is 299 g/mol. The van der Waals surface area contributed by atoms with Crippen LogP contribution in [-0.2, 0) is 0 Å². The Morgan fingerprint density at radius 2 is 1.95 bits per heavy atom. The minimum Gasteiger partial charge on any atom is -0.393 e. The predicted octanol–water partition coefficient (Wildman–Crippen LogP) is 4.45. The zero-order chi connectivity index (χ0) is 15.5. The lowest BCUT2D eigenvalue weighted by Gasteiger charge is -2.57. The van der Waals surface area contributed by atoms with Crippen LogP contribution in [0.15, 0.2) is 11.6 Å². The summed E-state index contributed by atoms with van der Waals surface area (Å²) in [5, 5.41) is 19.6. The molecular weight excluding hydrogens is 270 g/mol. The van der Waals surface area contributed by atoms with Gasteiger partial charge in [-0.2, -0.15) is 5.26 Å². The van der Waals surface area contributed by atoms with E-state index in [1.54, 1.807) is 5.57 Å². The molecule has 120 valence electrons. The van der Waals surface area contributed by atoms with Gasteiger partial charge in [-0.3, -0.25) is 0 Å². The largest absolute Gasteiger partial charge is 0.393 e. The van der Waals surface area contributed by atoms with Gasteiger partial charge in [0.1, 0.15) is 0 Å². The summed E-state index contributed by atoms with van der Waals surface area (Å²) in [5.41, 5.74) is 2.14. The summed E-state index contributed by atoms with van der Waals surface area (Å²) in [7, 11) is 0.